The molecule has 0 amide bonds. The maximum atomic E-state index is 12.2. The second kappa shape index (κ2) is 4.55. The normalized spacial score (nSPS) is 40.3. The van der Waals surface area contributed by atoms with E-state index >= 15 is 0 Å². The van der Waals surface area contributed by atoms with Gasteiger partial charge in [0.1, 0.15) is 11.0 Å². The van der Waals surface area contributed by atoms with Gasteiger partial charge < -0.3 is 14.2 Å². The summed E-state index contributed by atoms with van der Waals surface area (Å²) < 4.78 is 17.4. The molecule has 0 aromatic heterocycles. The standard InChI is InChI=1S/C17H20O4/c1-16-13(10-20-15(16)18)14-7-8-17(16,21-14)11-19-9-12-5-3-2-4-6-12/h2-6,13-14H,7-11H2,1H3/t13-,14-,16+,17-/m1/s1. The Morgan fingerprint density at radius 3 is 2.95 bits per heavy atom. The number of carbonyl (C=O) groups excluding carboxylic acids is 1. The Balaban J connectivity index is 1.50. The number of rotatable bonds is 4. The topological polar surface area (TPSA) is 44.8 Å². The maximum absolute atomic E-state index is 12.2. The summed E-state index contributed by atoms with van der Waals surface area (Å²) in [5.74, 6) is 0.0806. The Morgan fingerprint density at radius 2 is 2.14 bits per heavy atom. The zero-order valence-corrected chi connectivity index (χ0v) is 12.2. The van der Waals surface area contributed by atoms with E-state index in [0.29, 0.717) is 19.8 Å². The molecule has 4 atom stereocenters. The molecule has 0 N–H and O–H groups in total. The molecule has 4 rings (SSSR count). The van der Waals surface area contributed by atoms with Crippen LogP contribution in [0.1, 0.15) is 25.3 Å². The fourth-order valence-electron chi connectivity index (χ4n) is 4.25. The number of benzene rings is 1. The monoisotopic (exact) mass is 288 g/mol. The molecule has 4 nitrogen and oxygen atoms in total. The molecule has 3 aliphatic heterocycles. The lowest BCUT2D eigenvalue weighted by atomic mass is 9.62. The van der Waals surface area contributed by atoms with E-state index in [1.54, 1.807) is 0 Å². The second-order valence-corrected chi connectivity index (χ2v) is 6.57. The van der Waals surface area contributed by atoms with Crippen molar-refractivity contribution >= 4 is 5.97 Å². The molecular formula is C17H20O4. The Hall–Kier alpha value is -1.39. The maximum Gasteiger partial charge on any atom is 0.315 e. The smallest absolute Gasteiger partial charge is 0.315 e. The third-order valence-electron chi connectivity index (χ3n) is 5.61. The average Bonchev–Trinajstić information content (AvgIpc) is 3.11. The third-order valence-corrected chi connectivity index (χ3v) is 5.61. The number of esters is 1. The van der Waals surface area contributed by atoms with Gasteiger partial charge in [0.25, 0.3) is 0 Å². The van der Waals surface area contributed by atoms with Gasteiger partial charge in [0.15, 0.2) is 0 Å². The largest absolute Gasteiger partial charge is 0.465 e. The number of hydrogen-bond acceptors (Lipinski definition) is 4. The average molecular weight is 288 g/mol. The molecule has 21 heavy (non-hydrogen) atoms. The van der Waals surface area contributed by atoms with Crippen molar-refractivity contribution in [3.05, 3.63) is 35.9 Å². The van der Waals surface area contributed by atoms with Gasteiger partial charge in [-0.3, -0.25) is 4.79 Å². The summed E-state index contributed by atoms with van der Waals surface area (Å²) in [7, 11) is 0. The lowest BCUT2D eigenvalue weighted by molar-refractivity contribution is -0.163. The van der Waals surface area contributed by atoms with Crippen LogP contribution >= 0.6 is 0 Å². The van der Waals surface area contributed by atoms with Gasteiger partial charge in [-0.1, -0.05) is 30.3 Å². The molecule has 1 aromatic rings. The van der Waals surface area contributed by atoms with Crippen molar-refractivity contribution in [2.75, 3.05) is 13.2 Å². The van der Waals surface area contributed by atoms with Gasteiger partial charge in [-0.25, -0.2) is 0 Å². The molecule has 4 heteroatoms. The van der Waals surface area contributed by atoms with Gasteiger partial charge in [-0.2, -0.15) is 0 Å². The van der Waals surface area contributed by atoms with E-state index < -0.39 is 11.0 Å². The molecule has 0 unspecified atom stereocenters. The highest BCUT2D eigenvalue weighted by Crippen LogP contribution is 2.61. The SMILES string of the molecule is C[C@@]12C(=O)OC[C@@H]1[C@H]1CC[C@]2(COCc2ccccc2)O1. The molecular weight excluding hydrogens is 268 g/mol. The minimum atomic E-state index is -0.535. The summed E-state index contributed by atoms with van der Waals surface area (Å²) >= 11 is 0. The lowest BCUT2D eigenvalue weighted by Crippen LogP contribution is -2.52. The molecule has 3 saturated heterocycles. The molecule has 0 spiro atoms. The zero-order valence-electron chi connectivity index (χ0n) is 12.2. The van der Waals surface area contributed by atoms with Gasteiger partial charge in [0.05, 0.1) is 25.9 Å². The number of ether oxygens (including phenoxy) is 3. The summed E-state index contributed by atoms with van der Waals surface area (Å²) in [6, 6.07) is 10.1. The van der Waals surface area contributed by atoms with Crippen LogP contribution in [0.25, 0.3) is 0 Å². The van der Waals surface area contributed by atoms with Crippen LogP contribution in [0.15, 0.2) is 30.3 Å². The van der Waals surface area contributed by atoms with E-state index in [2.05, 4.69) is 0 Å². The molecule has 3 aliphatic rings. The quantitative estimate of drug-likeness (QED) is 0.798. The van der Waals surface area contributed by atoms with Crippen LogP contribution in [0.5, 0.6) is 0 Å². The van der Waals surface area contributed by atoms with Gasteiger partial charge in [0.2, 0.25) is 0 Å². The predicted octanol–water partition coefficient (Wildman–Crippen LogP) is 2.31. The zero-order chi connectivity index (χ0) is 14.5. The number of hydrogen-bond donors (Lipinski definition) is 0. The van der Waals surface area contributed by atoms with E-state index in [9.17, 15) is 4.79 Å². The Labute approximate surface area is 124 Å². The Kier molecular flexibility index (Phi) is 2.88. The molecule has 3 heterocycles. The van der Waals surface area contributed by atoms with Gasteiger partial charge in [-0.15, -0.1) is 0 Å². The van der Waals surface area contributed by atoms with Gasteiger partial charge in [0, 0.05) is 5.92 Å². The molecule has 2 bridgehead atoms. The first-order valence-corrected chi connectivity index (χ1v) is 7.62. The highest BCUT2D eigenvalue weighted by molar-refractivity contribution is 5.81. The fraction of sp³-hybridized carbons (Fsp3) is 0.588. The summed E-state index contributed by atoms with van der Waals surface area (Å²) in [4.78, 5) is 12.2. The van der Waals surface area contributed by atoms with E-state index in [-0.39, 0.29) is 18.0 Å². The van der Waals surface area contributed by atoms with Crippen molar-refractivity contribution < 1.29 is 19.0 Å². The number of fused-ring (bicyclic) bond motifs is 5. The molecule has 0 aliphatic carbocycles. The Morgan fingerprint density at radius 1 is 1.33 bits per heavy atom. The molecule has 0 saturated carbocycles. The van der Waals surface area contributed by atoms with E-state index in [1.165, 1.54) is 0 Å². The Bertz CT molecular complexity index is 557. The van der Waals surface area contributed by atoms with E-state index in [4.69, 9.17) is 14.2 Å². The van der Waals surface area contributed by atoms with Crippen molar-refractivity contribution in [3.63, 3.8) is 0 Å². The van der Waals surface area contributed by atoms with E-state index in [0.717, 1.165) is 18.4 Å². The molecule has 1 aromatic carbocycles. The van der Waals surface area contributed by atoms with Crippen LogP contribution in [-0.4, -0.2) is 30.9 Å². The van der Waals surface area contributed by atoms with Crippen molar-refractivity contribution in [1.29, 1.82) is 0 Å². The summed E-state index contributed by atoms with van der Waals surface area (Å²) in [6.45, 7) is 3.51. The van der Waals surface area contributed by atoms with Crippen LogP contribution in [0, 0.1) is 11.3 Å². The summed E-state index contributed by atoms with van der Waals surface area (Å²) in [5.41, 5.74) is 0.106. The van der Waals surface area contributed by atoms with Gasteiger partial charge >= 0.3 is 5.97 Å². The minimum Gasteiger partial charge on any atom is -0.465 e. The van der Waals surface area contributed by atoms with Crippen molar-refractivity contribution in [1.82, 2.24) is 0 Å². The van der Waals surface area contributed by atoms with E-state index in [1.807, 2.05) is 37.3 Å². The fourth-order valence-corrected chi connectivity index (χ4v) is 4.25. The first-order valence-electron chi connectivity index (χ1n) is 7.62. The van der Waals surface area contributed by atoms with Crippen LogP contribution in [-0.2, 0) is 25.6 Å². The first kappa shape index (κ1) is 13.3. The third kappa shape index (κ3) is 1.72. The minimum absolute atomic E-state index is 0.113. The molecule has 112 valence electrons. The van der Waals surface area contributed by atoms with Crippen molar-refractivity contribution in [3.8, 4) is 0 Å². The summed E-state index contributed by atoms with van der Waals surface area (Å²) in [6.07, 6.45) is 2.04. The second-order valence-electron chi connectivity index (χ2n) is 6.57. The predicted molar refractivity (Wildman–Crippen MR) is 75.5 cm³/mol. The van der Waals surface area contributed by atoms with Crippen LogP contribution < -0.4 is 0 Å². The van der Waals surface area contributed by atoms with Gasteiger partial charge in [-0.05, 0) is 25.3 Å². The highest BCUT2D eigenvalue weighted by atomic mass is 16.6. The number of carbonyl (C=O) groups is 1. The van der Waals surface area contributed by atoms with Crippen LogP contribution in [0.3, 0.4) is 0 Å². The molecule has 3 fully saturated rings. The highest BCUT2D eigenvalue weighted by Gasteiger charge is 2.73. The lowest BCUT2D eigenvalue weighted by Gasteiger charge is -2.38. The van der Waals surface area contributed by atoms with Crippen LogP contribution in [0.4, 0.5) is 0 Å². The van der Waals surface area contributed by atoms with Crippen LogP contribution in [0.2, 0.25) is 0 Å². The molecule has 0 radical (unpaired) electrons. The number of cyclic esters (lactones) is 1. The van der Waals surface area contributed by atoms with Crippen molar-refractivity contribution in [2.45, 2.75) is 38.1 Å². The first-order chi connectivity index (χ1) is 10.2. The van der Waals surface area contributed by atoms with Crippen molar-refractivity contribution in [2.24, 2.45) is 11.3 Å². The summed E-state index contributed by atoms with van der Waals surface area (Å²) in [5, 5.41) is 0.